The van der Waals surface area contributed by atoms with Gasteiger partial charge < -0.3 is 14.4 Å². The van der Waals surface area contributed by atoms with E-state index in [1.807, 2.05) is 43.3 Å². The summed E-state index contributed by atoms with van der Waals surface area (Å²) in [6.07, 6.45) is 1.01. The fraction of sp³-hybridized carbons (Fsp3) is 0.348. The van der Waals surface area contributed by atoms with Crippen molar-refractivity contribution in [1.29, 1.82) is 0 Å². The van der Waals surface area contributed by atoms with Gasteiger partial charge >= 0.3 is 5.97 Å². The van der Waals surface area contributed by atoms with Gasteiger partial charge in [0.2, 0.25) is 0 Å². The van der Waals surface area contributed by atoms with Gasteiger partial charge in [-0.05, 0) is 43.3 Å². The zero-order valence-electron chi connectivity index (χ0n) is 17.4. The van der Waals surface area contributed by atoms with Crippen LogP contribution >= 0.6 is 12.2 Å². The Morgan fingerprint density at radius 2 is 1.73 bits per heavy atom. The van der Waals surface area contributed by atoms with E-state index in [1.54, 1.807) is 30.0 Å². The minimum atomic E-state index is -0.346. The second-order valence-corrected chi connectivity index (χ2v) is 6.95. The van der Waals surface area contributed by atoms with Crippen LogP contribution in [0.4, 0.5) is 0 Å². The summed E-state index contributed by atoms with van der Waals surface area (Å²) in [7, 11) is 0. The number of rotatable bonds is 10. The summed E-state index contributed by atoms with van der Waals surface area (Å²) in [6.45, 7) is 5.42. The summed E-state index contributed by atoms with van der Waals surface area (Å²) in [5.74, 6) is -0.135. The van der Waals surface area contributed by atoms with Gasteiger partial charge in [-0.15, -0.1) is 0 Å². The van der Waals surface area contributed by atoms with E-state index in [0.29, 0.717) is 37.6 Å². The highest BCUT2D eigenvalue weighted by Gasteiger charge is 2.18. The normalized spacial score (nSPS) is 10.2. The number of carbonyl (C=O) groups excluding carboxylic acids is 2. The van der Waals surface area contributed by atoms with E-state index in [0.717, 1.165) is 12.0 Å². The highest BCUT2D eigenvalue weighted by molar-refractivity contribution is 7.80. The zero-order valence-corrected chi connectivity index (χ0v) is 18.2. The van der Waals surface area contributed by atoms with Crippen molar-refractivity contribution >= 4 is 29.2 Å². The van der Waals surface area contributed by atoms with Crippen molar-refractivity contribution < 1.29 is 19.1 Å². The smallest absolute Gasteiger partial charge is 0.307 e. The lowest BCUT2D eigenvalue weighted by Gasteiger charge is -2.25. The second kappa shape index (κ2) is 12.6. The summed E-state index contributed by atoms with van der Waals surface area (Å²) in [4.78, 5) is 26.4. The van der Waals surface area contributed by atoms with Gasteiger partial charge in [-0.25, -0.2) is 0 Å². The molecule has 0 heterocycles. The van der Waals surface area contributed by atoms with Crippen molar-refractivity contribution in [1.82, 2.24) is 10.2 Å². The van der Waals surface area contributed by atoms with Crippen molar-refractivity contribution in [3.8, 4) is 5.75 Å². The molecule has 0 aliphatic rings. The van der Waals surface area contributed by atoms with Gasteiger partial charge in [-0.3, -0.25) is 14.9 Å². The number of thiocarbonyl (C=S) groups is 1. The Kier molecular flexibility index (Phi) is 9.80. The third kappa shape index (κ3) is 7.48. The van der Waals surface area contributed by atoms with Crippen LogP contribution in [0.2, 0.25) is 0 Å². The van der Waals surface area contributed by atoms with Gasteiger partial charge in [0.25, 0.3) is 5.91 Å². The summed E-state index contributed by atoms with van der Waals surface area (Å²) >= 11 is 5.50. The fourth-order valence-electron chi connectivity index (χ4n) is 2.75. The molecule has 0 aliphatic carbocycles. The van der Waals surface area contributed by atoms with Crippen LogP contribution < -0.4 is 10.1 Å². The van der Waals surface area contributed by atoms with Gasteiger partial charge in [-0.2, -0.15) is 0 Å². The first-order valence-electron chi connectivity index (χ1n) is 10.1. The third-order valence-electron chi connectivity index (χ3n) is 4.21. The average molecular weight is 429 g/mol. The molecule has 0 saturated carbocycles. The lowest BCUT2D eigenvalue weighted by atomic mass is 10.2. The lowest BCUT2D eigenvalue weighted by molar-refractivity contribution is -0.143. The van der Waals surface area contributed by atoms with E-state index in [1.165, 1.54) is 0 Å². The highest BCUT2D eigenvalue weighted by Crippen LogP contribution is 2.18. The Hall–Kier alpha value is -2.93. The van der Waals surface area contributed by atoms with Crippen molar-refractivity contribution in [3.05, 3.63) is 65.7 Å². The number of carbonyl (C=O) groups is 2. The topological polar surface area (TPSA) is 67.9 Å². The summed E-state index contributed by atoms with van der Waals surface area (Å²) < 4.78 is 10.7. The predicted molar refractivity (Wildman–Crippen MR) is 120 cm³/mol. The molecule has 0 aromatic heterocycles. The number of esters is 1. The van der Waals surface area contributed by atoms with E-state index in [9.17, 15) is 9.59 Å². The van der Waals surface area contributed by atoms with Crippen LogP contribution in [0.25, 0.3) is 0 Å². The standard InChI is InChI=1S/C23H28N2O4S/c1-3-16-29-20-13-9-8-12-19(20)22(27)24-23(30)25(15-14-21(26)28-4-2)17-18-10-6-5-7-11-18/h5-13H,3-4,14-17H2,1-2H3,(H,24,27,30). The van der Waals surface area contributed by atoms with Crippen LogP contribution in [0.5, 0.6) is 5.75 Å². The molecule has 0 atom stereocenters. The zero-order chi connectivity index (χ0) is 21.8. The number of nitrogens with zero attached hydrogens (tertiary/aromatic N) is 1. The molecule has 0 saturated heterocycles. The van der Waals surface area contributed by atoms with Crippen LogP contribution in [0.1, 0.15) is 42.6 Å². The molecule has 0 aliphatic heterocycles. The number of para-hydroxylation sites is 1. The van der Waals surface area contributed by atoms with Crippen LogP contribution in [0.15, 0.2) is 54.6 Å². The molecule has 0 fully saturated rings. The summed E-state index contributed by atoms with van der Waals surface area (Å²) in [5, 5.41) is 3.02. The first-order chi connectivity index (χ1) is 14.5. The molecular formula is C23H28N2O4S. The number of hydrogen-bond acceptors (Lipinski definition) is 5. The molecule has 7 heteroatoms. The minimum absolute atomic E-state index is 0.173. The largest absolute Gasteiger partial charge is 0.493 e. The Bertz CT molecular complexity index is 842. The molecule has 2 aromatic carbocycles. The number of amides is 1. The number of benzene rings is 2. The Balaban J connectivity index is 2.10. The molecule has 0 spiro atoms. The van der Waals surface area contributed by atoms with Gasteiger partial charge in [0.1, 0.15) is 5.75 Å². The van der Waals surface area contributed by atoms with Gasteiger partial charge in [-0.1, -0.05) is 49.4 Å². The predicted octanol–water partition coefficient (Wildman–Crippen LogP) is 3.95. The first-order valence-corrected chi connectivity index (χ1v) is 10.5. The molecule has 30 heavy (non-hydrogen) atoms. The molecule has 0 bridgehead atoms. The van der Waals surface area contributed by atoms with E-state index < -0.39 is 0 Å². The maximum absolute atomic E-state index is 12.8. The first kappa shape index (κ1) is 23.3. The monoisotopic (exact) mass is 428 g/mol. The van der Waals surface area contributed by atoms with E-state index in [-0.39, 0.29) is 23.4 Å². The molecular weight excluding hydrogens is 400 g/mol. The Labute approximate surface area is 183 Å². The SMILES string of the molecule is CCCOc1ccccc1C(=O)NC(=S)N(CCC(=O)OCC)Cc1ccccc1. The number of hydrogen-bond donors (Lipinski definition) is 1. The molecule has 160 valence electrons. The third-order valence-corrected chi connectivity index (χ3v) is 4.57. The fourth-order valence-corrected chi connectivity index (χ4v) is 3.00. The molecule has 2 rings (SSSR count). The summed E-state index contributed by atoms with van der Waals surface area (Å²) in [6, 6.07) is 16.8. The minimum Gasteiger partial charge on any atom is -0.493 e. The second-order valence-electron chi connectivity index (χ2n) is 6.57. The van der Waals surface area contributed by atoms with Gasteiger partial charge in [0.05, 0.1) is 25.2 Å². The number of ether oxygens (including phenoxy) is 2. The van der Waals surface area contributed by atoms with Gasteiger partial charge in [0, 0.05) is 13.1 Å². The van der Waals surface area contributed by atoms with Crippen molar-refractivity contribution in [2.75, 3.05) is 19.8 Å². The molecule has 1 N–H and O–H groups in total. The molecule has 0 radical (unpaired) electrons. The van der Waals surface area contributed by atoms with Crippen LogP contribution in [0, 0.1) is 0 Å². The molecule has 1 amide bonds. The number of nitrogens with one attached hydrogen (secondary N) is 1. The Morgan fingerprint density at radius 1 is 1.03 bits per heavy atom. The van der Waals surface area contributed by atoms with Crippen LogP contribution in [0.3, 0.4) is 0 Å². The quantitative estimate of drug-likeness (QED) is 0.457. The van der Waals surface area contributed by atoms with Crippen molar-refractivity contribution in [3.63, 3.8) is 0 Å². The maximum atomic E-state index is 12.8. The highest BCUT2D eigenvalue weighted by atomic mass is 32.1. The van der Waals surface area contributed by atoms with Crippen molar-refractivity contribution in [2.45, 2.75) is 33.2 Å². The maximum Gasteiger partial charge on any atom is 0.307 e. The average Bonchev–Trinajstić information content (AvgIpc) is 2.76. The Morgan fingerprint density at radius 3 is 2.43 bits per heavy atom. The lowest BCUT2D eigenvalue weighted by Crippen LogP contribution is -2.43. The van der Waals surface area contributed by atoms with E-state index in [4.69, 9.17) is 21.7 Å². The summed E-state index contributed by atoms with van der Waals surface area (Å²) in [5.41, 5.74) is 1.43. The van der Waals surface area contributed by atoms with E-state index in [2.05, 4.69) is 5.32 Å². The van der Waals surface area contributed by atoms with Crippen molar-refractivity contribution in [2.24, 2.45) is 0 Å². The molecule has 2 aromatic rings. The van der Waals surface area contributed by atoms with Crippen LogP contribution in [-0.2, 0) is 16.1 Å². The van der Waals surface area contributed by atoms with Crippen LogP contribution in [-0.4, -0.2) is 41.6 Å². The van der Waals surface area contributed by atoms with Gasteiger partial charge in [0.15, 0.2) is 5.11 Å². The van der Waals surface area contributed by atoms with E-state index >= 15 is 0 Å². The molecule has 6 nitrogen and oxygen atoms in total. The molecule has 0 unspecified atom stereocenters.